The quantitative estimate of drug-likeness (QED) is 0.774. The van der Waals surface area contributed by atoms with Crippen molar-refractivity contribution in [2.45, 2.75) is 46.1 Å². The van der Waals surface area contributed by atoms with E-state index in [1.807, 2.05) is 0 Å². The number of nitrogens with zero attached hydrogens (tertiary/aromatic N) is 1. The average molecular weight is 227 g/mol. The molecule has 4 nitrogen and oxygen atoms in total. The van der Waals surface area contributed by atoms with Gasteiger partial charge in [0, 0.05) is 19.0 Å². The molecule has 0 aliphatic carbocycles. The first-order valence-corrected chi connectivity index (χ1v) is 5.80. The molecule has 1 aliphatic rings. The first-order valence-electron chi connectivity index (χ1n) is 5.80. The lowest BCUT2D eigenvalue weighted by Crippen LogP contribution is -2.42. The standard InChI is InChI=1S/C12H21NO3/c1-9(14)7-10-5-4-6-13(10)8-12(2,3)11(15)16/h10H,4-8H2,1-3H3,(H,15,16). The van der Waals surface area contributed by atoms with Crippen molar-refractivity contribution < 1.29 is 14.7 Å². The maximum atomic E-state index is 11.1. The molecule has 0 saturated carbocycles. The molecule has 4 heteroatoms. The van der Waals surface area contributed by atoms with Gasteiger partial charge in [0.25, 0.3) is 0 Å². The van der Waals surface area contributed by atoms with E-state index in [1.54, 1.807) is 20.8 Å². The molecule has 92 valence electrons. The molecule has 0 spiro atoms. The Hall–Kier alpha value is -0.900. The fraction of sp³-hybridized carbons (Fsp3) is 0.833. The SMILES string of the molecule is CC(=O)CC1CCCN1CC(C)(C)C(=O)O. The van der Waals surface area contributed by atoms with Gasteiger partial charge in [0.1, 0.15) is 5.78 Å². The monoisotopic (exact) mass is 227 g/mol. The Morgan fingerprint density at radius 2 is 2.06 bits per heavy atom. The molecule has 0 amide bonds. The van der Waals surface area contributed by atoms with Gasteiger partial charge in [0.05, 0.1) is 5.41 Å². The molecule has 1 fully saturated rings. The molecule has 1 unspecified atom stereocenters. The molecule has 1 aliphatic heterocycles. The highest BCUT2D eigenvalue weighted by molar-refractivity contribution is 5.76. The number of rotatable bonds is 5. The Morgan fingerprint density at radius 1 is 1.44 bits per heavy atom. The minimum Gasteiger partial charge on any atom is -0.481 e. The molecule has 1 atom stereocenters. The van der Waals surface area contributed by atoms with Crippen LogP contribution in [0.2, 0.25) is 0 Å². The van der Waals surface area contributed by atoms with Gasteiger partial charge in [-0.15, -0.1) is 0 Å². The molecule has 0 aromatic heterocycles. The number of aliphatic carboxylic acids is 1. The van der Waals surface area contributed by atoms with E-state index in [-0.39, 0.29) is 11.8 Å². The third kappa shape index (κ3) is 3.30. The molecule has 0 bridgehead atoms. The van der Waals surface area contributed by atoms with Crippen molar-refractivity contribution in [3.63, 3.8) is 0 Å². The van der Waals surface area contributed by atoms with Crippen LogP contribution in [0.5, 0.6) is 0 Å². The summed E-state index contributed by atoms with van der Waals surface area (Å²) < 4.78 is 0. The van der Waals surface area contributed by atoms with E-state index in [1.165, 1.54) is 0 Å². The lowest BCUT2D eigenvalue weighted by molar-refractivity contribution is -0.148. The molecule has 0 aromatic carbocycles. The summed E-state index contributed by atoms with van der Waals surface area (Å²) in [5.41, 5.74) is -0.737. The predicted molar refractivity (Wildman–Crippen MR) is 61.3 cm³/mol. The Balaban J connectivity index is 2.59. The Morgan fingerprint density at radius 3 is 2.56 bits per heavy atom. The van der Waals surface area contributed by atoms with Gasteiger partial charge in [-0.1, -0.05) is 0 Å². The Kier molecular flexibility index (Phi) is 4.08. The van der Waals surface area contributed by atoms with E-state index in [0.29, 0.717) is 13.0 Å². The van der Waals surface area contributed by atoms with Gasteiger partial charge in [0.15, 0.2) is 0 Å². The maximum absolute atomic E-state index is 11.1. The van der Waals surface area contributed by atoms with Gasteiger partial charge >= 0.3 is 5.97 Å². The molecule has 1 rings (SSSR count). The van der Waals surface area contributed by atoms with Crippen molar-refractivity contribution in [2.75, 3.05) is 13.1 Å². The highest BCUT2D eigenvalue weighted by atomic mass is 16.4. The summed E-state index contributed by atoms with van der Waals surface area (Å²) in [6, 6.07) is 0.246. The van der Waals surface area contributed by atoms with Crippen molar-refractivity contribution in [2.24, 2.45) is 5.41 Å². The zero-order valence-electron chi connectivity index (χ0n) is 10.3. The molecule has 0 radical (unpaired) electrons. The fourth-order valence-electron chi connectivity index (χ4n) is 2.24. The van der Waals surface area contributed by atoms with Crippen LogP contribution >= 0.6 is 0 Å². The first-order chi connectivity index (χ1) is 7.33. The van der Waals surface area contributed by atoms with Crippen LogP contribution in [-0.2, 0) is 9.59 Å². The normalized spacial score (nSPS) is 22.3. The largest absolute Gasteiger partial charge is 0.481 e. The Labute approximate surface area is 96.6 Å². The van der Waals surface area contributed by atoms with Crippen LogP contribution in [0.1, 0.15) is 40.0 Å². The van der Waals surface area contributed by atoms with E-state index in [4.69, 9.17) is 5.11 Å². The summed E-state index contributed by atoms with van der Waals surface area (Å²) in [6.45, 7) is 6.50. The van der Waals surface area contributed by atoms with E-state index in [9.17, 15) is 9.59 Å². The van der Waals surface area contributed by atoms with E-state index in [0.717, 1.165) is 19.4 Å². The van der Waals surface area contributed by atoms with Crippen LogP contribution < -0.4 is 0 Å². The van der Waals surface area contributed by atoms with Crippen LogP contribution in [0.15, 0.2) is 0 Å². The third-order valence-corrected chi connectivity index (χ3v) is 3.20. The molecule has 1 heterocycles. The molecule has 16 heavy (non-hydrogen) atoms. The lowest BCUT2D eigenvalue weighted by atomic mass is 9.92. The summed E-state index contributed by atoms with van der Waals surface area (Å²) in [7, 11) is 0. The minimum atomic E-state index is -0.777. The molecule has 0 aromatic rings. The minimum absolute atomic E-state index is 0.185. The van der Waals surface area contributed by atoms with Crippen LogP contribution in [0.4, 0.5) is 0 Å². The number of carbonyl (C=O) groups excluding carboxylic acids is 1. The van der Waals surface area contributed by atoms with Gasteiger partial charge < -0.3 is 5.11 Å². The van der Waals surface area contributed by atoms with Crippen molar-refractivity contribution in [3.8, 4) is 0 Å². The van der Waals surface area contributed by atoms with Crippen LogP contribution in [0, 0.1) is 5.41 Å². The van der Waals surface area contributed by atoms with Crippen molar-refractivity contribution in [1.29, 1.82) is 0 Å². The summed E-state index contributed by atoms with van der Waals surface area (Å²) in [6.07, 6.45) is 2.62. The van der Waals surface area contributed by atoms with Crippen molar-refractivity contribution in [1.82, 2.24) is 4.90 Å². The first kappa shape index (κ1) is 13.2. The molecule has 1 saturated heterocycles. The zero-order valence-corrected chi connectivity index (χ0v) is 10.3. The lowest BCUT2D eigenvalue weighted by Gasteiger charge is -2.30. The smallest absolute Gasteiger partial charge is 0.310 e. The van der Waals surface area contributed by atoms with E-state index < -0.39 is 11.4 Å². The summed E-state index contributed by atoms with van der Waals surface area (Å²) in [5, 5.41) is 9.08. The average Bonchev–Trinajstić information content (AvgIpc) is 2.50. The van der Waals surface area contributed by atoms with Gasteiger partial charge in [-0.2, -0.15) is 0 Å². The molecular formula is C12H21NO3. The predicted octanol–water partition coefficient (Wildman–Crippen LogP) is 1.54. The van der Waals surface area contributed by atoms with E-state index in [2.05, 4.69) is 4.90 Å². The van der Waals surface area contributed by atoms with E-state index >= 15 is 0 Å². The second kappa shape index (κ2) is 4.95. The number of likely N-dealkylation sites (tertiary alicyclic amines) is 1. The second-order valence-electron chi connectivity index (χ2n) is 5.36. The van der Waals surface area contributed by atoms with Gasteiger partial charge in [-0.25, -0.2) is 0 Å². The maximum Gasteiger partial charge on any atom is 0.310 e. The van der Waals surface area contributed by atoms with Crippen molar-refractivity contribution in [3.05, 3.63) is 0 Å². The topological polar surface area (TPSA) is 57.6 Å². The fourth-order valence-corrected chi connectivity index (χ4v) is 2.24. The zero-order chi connectivity index (χ0) is 12.3. The number of hydrogen-bond acceptors (Lipinski definition) is 3. The molecular weight excluding hydrogens is 206 g/mol. The Bertz CT molecular complexity index is 286. The number of Topliss-reactive ketones (excluding diaryl/α,β-unsaturated/α-hetero) is 1. The second-order valence-corrected chi connectivity index (χ2v) is 5.36. The van der Waals surface area contributed by atoms with Crippen LogP contribution in [0.3, 0.4) is 0 Å². The number of carbonyl (C=O) groups is 2. The van der Waals surface area contributed by atoms with Crippen LogP contribution in [0.25, 0.3) is 0 Å². The third-order valence-electron chi connectivity index (χ3n) is 3.20. The number of carboxylic acid groups (broad SMARTS) is 1. The number of carboxylic acids is 1. The summed E-state index contributed by atoms with van der Waals surface area (Å²) >= 11 is 0. The van der Waals surface area contributed by atoms with Crippen molar-refractivity contribution >= 4 is 11.8 Å². The highest BCUT2D eigenvalue weighted by Crippen LogP contribution is 2.26. The van der Waals surface area contributed by atoms with Gasteiger partial charge in [-0.05, 0) is 40.2 Å². The van der Waals surface area contributed by atoms with Gasteiger partial charge in [0.2, 0.25) is 0 Å². The molecule has 1 N–H and O–H groups in total. The number of hydrogen-bond donors (Lipinski definition) is 1. The highest BCUT2D eigenvalue weighted by Gasteiger charge is 2.34. The summed E-state index contributed by atoms with van der Waals surface area (Å²) in [4.78, 5) is 24.3. The summed E-state index contributed by atoms with van der Waals surface area (Å²) in [5.74, 6) is -0.592. The number of ketones is 1. The van der Waals surface area contributed by atoms with Gasteiger partial charge in [-0.3, -0.25) is 14.5 Å². The van der Waals surface area contributed by atoms with Crippen LogP contribution in [-0.4, -0.2) is 40.9 Å².